The van der Waals surface area contributed by atoms with Gasteiger partial charge in [0.2, 0.25) is 11.8 Å². The lowest BCUT2D eigenvalue weighted by Gasteiger charge is -1.65. The summed E-state index contributed by atoms with van der Waals surface area (Å²) >= 11 is 0. The zero-order valence-corrected chi connectivity index (χ0v) is 8.37. The highest BCUT2D eigenvalue weighted by molar-refractivity contribution is 5.85. The van der Waals surface area contributed by atoms with E-state index in [0.29, 0.717) is 0 Å². The highest BCUT2D eigenvalue weighted by Crippen LogP contribution is 1.49. The summed E-state index contributed by atoms with van der Waals surface area (Å²) in [7, 11) is 0. The molecule has 0 heterocycles. The van der Waals surface area contributed by atoms with Gasteiger partial charge in [-0.1, -0.05) is 13.2 Å². The Labute approximate surface area is 84.5 Å². The zero-order valence-electron chi connectivity index (χ0n) is 8.37. The Balaban J connectivity index is -0.0000000292. The van der Waals surface area contributed by atoms with E-state index in [1.807, 2.05) is 0 Å². The van der Waals surface area contributed by atoms with Crippen molar-refractivity contribution < 1.29 is 9.59 Å². The number of hydrogen-bond donors (Lipinski definition) is 4. The van der Waals surface area contributed by atoms with E-state index >= 15 is 0 Å². The molecule has 0 aliphatic carbocycles. The zero-order chi connectivity index (χ0) is 10.6. The van der Waals surface area contributed by atoms with E-state index in [1.54, 1.807) is 0 Å². The van der Waals surface area contributed by atoms with E-state index in [4.69, 9.17) is 0 Å². The number of nitrogens with two attached hydrogens (primary N) is 2. The van der Waals surface area contributed by atoms with E-state index in [9.17, 15) is 9.59 Å². The molecule has 0 rings (SSSR count). The van der Waals surface area contributed by atoms with Crippen molar-refractivity contribution in [2.24, 2.45) is 11.5 Å². The fourth-order valence-electron chi connectivity index (χ4n) is 0. The summed E-state index contributed by atoms with van der Waals surface area (Å²) in [4.78, 5) is 18.9. The van der Waals surface area contributed by atoms with Gasteiger partial charge in [0.1, 0.15) is 0 Å². The number of hydrogen-bond acceptors (Lipinski definition) is 4. The van der Waals surface area contributed by atoms with Crippen LogP contribution in [0, 0.1) is 0 Å². The van der Waals surface area contributed by atoms with E-state index in [0.717, 1.165) is 12.2 Å². The van der Waals surface area contributed by atoms with Crippen LogP contribution in [-0.2, 0) is 9.59 Å². The molecule has 0 unspecified atom stereocenters. The van der Waals surface area contributed by atoms with Crippen molar-refractivity contribution in [1.82, 2.24) is 12.3 Å². The number of carbonyl (C=O) groups excluding carboxylic acids is 2. The van der Waals surface area contributed by atoms with Crippen molar-refractivity contribution in [3.05, 3.63) is 38.5 Å². The fourth-order valence-corrected chi connectivity index (χ4v) is 0. The van der Waals surface area contributed by atoms with Gasteiger partial charge in [0, 0.05) is 0 Å². The maximum absolute atomic E-state index is 9.47. The molecule has 0 aromatic heterocycles. The standard InChI is InChI=1S/2C3H5NO.C2H4.2H3N/c2*1-2-3(4)5;1-2;;/h2*2H,1H2,(H2,4,5);1-2H2;2*1H3. The Kier molecular flexibility index (Phi) is 64.4. The van der Waals surface area contributed by atoms with E-state index in [-0.39, 0.29) is 12.3 Å². The Morgan fingerprint density at radius 1 is 0.857 bits per heavy atom. The van der Waals surface area contributed by atoms with Crippen LogP contribution in [0.3, 0.4) is 0 Å². The maximum Gasteiger partial charge on any atom is 0.240 e. The third-order valence-corrected chi connectivity index (χ3v) is 0.402. The molecule has 84 valence electrons. The highest BCUT2D eigenvalue weighted by Gasteiger charge is 1.69. The molecule has 0 aromatic carbocycles. The molecule has 2 amide bonds. The first-order valence-electron chi connectivity index (χ1n) is 2.88. The van der Waals surface area contributed by atoms with Crippen molar-refractivity contribution in [1.29, 1.82) is 0 Å². The minimum atomic E-state index is -0.481. The first kappa shape index (κ1) is 29.6. The summed E-state index contributed by atoms with van der Waals surface area (Å²) in [6.45, 7) is 12.2. The smallest absolute Gasteiger partial charge is 0.240 e. The molecule has 0 spiro atoms. The molecule has 10 N–H and O–H groups in total. The van der Waals surface area contributed by atoms with Gasteiger partial charge in [0.15, 0.2) is 0 Å². The first-order valence-corrected chi connectivity index (χ1v) is 2.88. The second kappa shape index (κ2) is 30.5. The van der Waals surface area contributed by atoms with Crippen molar-refractivity contribution in [3.63, 3.8) is 0 Å². The fraction of sp³-hybridized carbons (Fsp3) is 0. The summed E-state index contributed by atoms with van der Waals surface area (Å²) < 4.78 is 0. The summed E-state index contributed by atoms with van der Waals surface area (Å²) in [5.74, 6) is -0.963. The molecule has 6 nitrogen and oxygen atoms in total. The highest BCUT2D eigenvalue weighted by atomic mass is 16.1. The van der Waals surface area contributed by atoms with Gasteiger partial charge >= 0.3 is 0 Å². The summed E-state index contributed by atoms with van der Waals surface area (Å²) in [5, 5.41) is 0. The van der Waals surface area contributed by atoms with Gasteiger partial charge in [-0.3, -0.25) is 9.59 Å². The van der Waals surface area contributed by atoms with Gasteiger partial charge < -0.3 is 23.8 Å². The molecule has 0 saturated carbocycles. The van der Waals surface area contributed by atoms with Crippen LogP contribution in [0.5, 0.6) is 0 Å². The number of carbonyl (C=O) groups is 2. The normalized spacial score (nSPS) is 4.86. The second-order valence-corrected chi connectivity index (χ2v) is 1.21. The topological polar surface area (TPSA) is 156 Å². The van der Waals surface area contributed by atoms with Crippen LogP contribution in [-0.4, -0.2) is 11.8 Å². The minimum Gasteiger partial charge on any atom is -0.366 e. The van der Waals surface area contributed by atoms with Crippen LogP contribution in [0.1, 0.15) is 0 Å². The summed E-state index contributed by atoms with van der Waals surface area (Å²) in [5.41, 5.74) is 9.07. The average Bonchev–Trinajstić information content (AvgIpc) is 2.09. The lowest BCUT2D eigenvalue weighted by atomic mass is 10.6. The molecule has 0 atom stereocenters. The Bertz CT molecular complexity index is 151. The molecule has 0 radical (unpaired) electrons. The molecular weight excluding hydrogens is 184 g/mol. The maximum atomic E-state index is 9.47. The Morgan fingerprint density at radius 3 is 0.929 bits per heavy atom. The molecule has 6 heteroatoms. The van der Waals surface area contributed by atoms with Gasteiger partial charge in [-0.05, 0) is 12.2 Å². The largest absolute Gasteiger partial charge is 0.366 e. The van der Waals surface area contributed by atoms with Crippen LogP contribution in [0.4, 0.5) is 0 Å². The average molecular weight is 204 g/mol. The SMILES string of the molecule is C=C.C=CC(N)=O.C=CC(N)=O.N.N. The molecule has 0 bridgehead atoms. The predicted octanol–water partition coefficient (Wildman–Crippen LogP) is 0.442. The van der Waals surface area contributed by atoms with Crippen molar-refractivity contribution in [2.45, 2.75) is 0 Å². The second-order valence-electron chi connectivity index (χ2n) is 1.21. The number of amides is 2. The van der Waals surface area contributed by atoms with Crippen LogP contribution in [0.2, 0.25) is 0 Å². The molecule has 0 aromatic rings. The number of rotatable bonds is 2. The van der Waals surface area contributed by atoms with Crippen molar-refractivity contribution in [2.75, 3.05) is 0 Å². The first-order chi connectivity index (χ1) is 5.54. The summed E-state index contributed by atoms with van der Waals surface area (Å²) in [6.07, 6.45) is 2.11. The van der Waals surface area contributed by atoms with E-state index in [1.165, 1.54) is 0 Å². The third-order valence-electron chi connectivity index (χ3n) is 0.402. The molecule has 14 heavy (non-hydrogen) atoms. The Morgan fingerprint density at radius 2 is 0.929 bits per heavy atom. The van der Waals surface area contributed by atoms with Crippen LogP contribution < -0.4 is 23.8 Å². The van der Waals surface area contributed by atoms with E-state index in [2.05, 4.69) is 37.8 Å². The van der Waals surface area contributed by atoms with Crippen LogP contribution in [0.15, 0.2) is 38.5 Å². The molecule has 0 saturated heterocycles. The molecule has 0 fully saturated rings. The van der Waals surface area contributed by atoms with E-state index < -0.39 is 11.8 Å². The Hall–Kier alpha value is -1.92. The molecular formula is C8H20N4O2. The van der Waals surface area contributed by atoms with Gasteiger partial charge in [0.25, 0.3) is 0 Å². The van der Waals surface area contributed by atoms with Gasteiger partial charge in [-0.25, -0.2) is 0 Å². The molecule has 0 aliphatic heterocycles. The molecule has 0 aliphatic rings. The minimum absolute atomic E-state index is 0. The summed E-state index contributed by atoms with van der Waals surface area (Å²) in [6, 6.07) is 0. The van der Waals surface area contributed by atoms with Crippen molar-refractivity contribution in [3.8, 4) is 0 Å². The lowest BCUT2D eigenvalue weighted by molar-refractivity contribution is -0.114. The third kappa shape index (κ3) is 192. The number of primary amides is 2. The van der Waals surface area contributed by atoms with Gasteiger partial charge in [0.05, 0.1) is 0 Å². The van der Waals surface area contributed by atoms with Crippen LogP contribution in [0.25, 0.3) is 0 Å². The van der Waals surface area contributed by atoms with Gasteiger partial charge in [-0.2, -0.15) is 0 Å². The predicted molar refractivity (Wildman–Crippen MR) is 60.1 cm³/mol. The lowest BCUT2D eigenvalue weighted by Crippen LogP contribution is -2.04. The van der Waals surface area contributed by atoms with Gasteiger partial charge in [-0.15, -0.1) is 13.2 Å². The van der Waals surface area contributed by atoms with Crippen LogP contribution >= 0.6 is 0 Å². The quantitative estimate of drug-likeness (QED) is 0.380. The monoisotopic (exact) mass is 204 g/mol. The van der Waals surface area contributed by atoms with Crippen molar-refractivity contribution >= 4 is 11.8 Å².